The molecule has 0 atom stereocenters. The van der Waals surface area contributed by atoms with Gasteiger partial charge in [-0.15, -0.1) is 0 Å². The number of hydrogen-bond acceptors (Lipinski definition) is 3. The summed E-state index contributed by atoms with van der Waals surface area (Å²) in [5, 5.41) is 2.14. The molecular weight excluding hydrogens is 276 g/mol. The number of ether oxygens (including phenoxy) is 2. The van der Waals surface area contributed by atoms with Crippen LogP contribution in [-0.4, -0.2) is 12.6 Å². The van der Waals surface area contributed by atoms with Crippen molar-refractivity contribution < 1.29 is 14.3 Å². The van der Waals surface area contributed by atoms with Crippen molar-refractivity contribution in [1.29, 1.82) is 0 Å². The van der Waals surface area contributed by atoms with Crippen LogP contribution in [0.15, 0.2) is 66.7 Å². The molecule has 110 valence electrons. The van der Waals surface area contributed by atoms with Crippen LogP contribution in [0.5, 0.6) is 11.5 Å². The fourth-order valence-electron chi connectivity index (χ4n) is 2.25. The molecule has 0 saturated carbocycles. The molecule has 0 spiro atoms. The Balaban J connectivity index is 1.64. The molecule has 0 unspecified atom stereocenters. The van der Waals surface area contributed by atoms with Crippen LogP contribution >= 0.6 is 0 Å². The number of benzene rings is 3. The van der Waals surface area contributed by atoms with E-state index in [1.165, 1.54) is 0 Å². The molecular formula is C19H16O3. The minimum absolute atomic E-state index is 0.113. The third-order valence-electron chi connectivity index (χ3n) is 3.39. The van der Waals surface area contributed by atoms with E-state index in [0.717, 1.165) is 16.3 Å². The number of rotatable bonds is 4. The number of aryl methyl sites for hydroxylation is 1. The van der Waals surface area contributed by atoms with Gasteiger partial charge in [0.25, 0.3) is 0 Å². The molecule has 0 aliphatic heterocycles. The highest BCUT2D eigenvalue weighted by Gasteiger charge is 2.07. The smallest absolute Gasteiger partial charge is 0.349 e. The molecule has 22 heavy (non-hydrogen) atoms. The third-order valence-corrected chi connectivity index (χ3v) is 3.39. The van der Waals surface area contributed by atoms with Gasteiger partial charge in [0.15, 0.2) is 6.61 Å². The lowest BCUT2D eigenvalue weighted by Crippen LogP contribution is -2.17. The Labute approximate surface area is 129 Å². The van der Waals surface area contributed by atoms with E-state index in [9.17, 15) is 4.79 Å². The number of carbonyl (C=O) groups excluding carboxylic acids is 1. The van der Waals surface area contributed by atoms with Crippen LogP contribution in [0.1, 0.15) is 5.56 Å². The van der Waals surface area contributed by atoms with E-state index in [4.69, 9.17) is 9.47 Å². The summed E-state index contributed by atoms with van der Waals surface area (Å²) in [5.74, 6) is 0.800. The molecule has 3 aromatic rings. The molecule has 0 N–H and O–H groups in total. The van der Waals surface area contributed by atoms with Gasteiger partial charge in [0, 0.05) is 0 Å². The minimum Gasteiger partial charge on any atom is -0.482 e. The van der Waals surface area contributed by atoms with Crippen LogP contribution in [0.2, 0.25) is 0 Å². The van der Waals surface area contributed by atoms with E-state index in [1.807, 2.05) is 67.6 Å². The molecule has 0 saturated heterocycles. The van der Waals surface area contributed by atoms with Gasteiger partial charge in [-0.1, -0.05) is 48.5 Å². The van der Waals surface area contributed by atoms with Crippen LogP contribution in [0.4, 0.5) is 0 Å². The highest BCUT2D eigenvalue weighted by molar-refractivity contribution is 5.84. The van der Waals surface area contributed by atoms with Gasteiger partial charge in [0.2, 0.25) is 0 Å². The highest BCUT2D eigenvalue weighted by Crippen LogP contribution is 2.21. The summed E-state index contributed by atoms with van der Waals surface area (Å²) in [5.41, 5.74) is 0.987. The van der Waals surface area contributed by atoms with Gasteiger partial charge < -0.3 is 9.47 Å². The van der Waals surface area contributed by atoms with E-state index in [-0.39, 0.29) is 6.61 Å². The van der Waals surface area contributed by atoms with Gasteiger partial charge in [-0.3, -0.25) is 0 Å². The SMILES string of the molecule is Cc1ccccc1OCC(=O)Oc1ccc2ccccc2c1. The van der Waals surface area contributed by atoms with Crippen molar-refractivity contribution in [3.05, 3.63) is 72.3 Å². The van der Waals surface area contributed by atoms with Crippen LogP contribution in [-0.2, 0) is 4.79 Å². The van der Waals surface area contributed by atoms with Crippen molar-refractivity contribution in [3.8, 4) is 11.5 Å². The second-order valence-electron chi connectivity index (χ2n) is 5.04. The second-order valence-corrected chi connectivity index (χ2v) is 5.04. The Morgan fingerprint density at radius 2 is 1.64 bits per heavy atom. The number of fused-ring (bicyclic) bond motifs is 1. The van der Waals surface area contributed by atoms with Gasteiger partial charge in [-0.05, 0) is 41.5 Å². The Bertz CT molecular complexity index is 808. The zero-order valence-corrected chi connectivity index (χ0v) is 12.3. The quantitative estimate of drug-likeness (QED) is 0.535. The Morgan fingerprint density at radius 3 is 2.45 bits per heavy atom. The van der Waals surface area contributed by atoms with Gasteiger partial charge in [-0.2, -0.15) is 0 Å². The van der Waals surface area contributed by atoms with Gasteiger partial charge in [-0.25, -0.2) is 4.79 Å². The Hall–Kier alpha value is -2.81. The lowest BCUT2D eigenvalue weighted by atomic mass is 10.1. The molecule has 3 rings (SSSR count). The summed E-state index contributed by atoms with van der Waals surface area (Å²) in [6.45, 7) is 1.82. The lowest BCUT2D eigenvalue weighted by Gasteiger charge is -2.09. The normalized spacial score (nSPS) is 10.4. The van der Waals surface area contributed by atoms with E-state index in [2.05, 4.69) is 0 Å². The van der Waals surface area contributed by atoms with Crippen molar-refractivity contribution in [3.63, 3.8) is 0 Å². The first kappa shape index (κ1) is 14.1. The summed E-state index contributed by atoms with van der Waals surface area (Å²) in [6.07, 6.45) is 0. The zero-order chi connectivity index (χ0) is 15.4. The van der Waals surface area contributed by atoms with E-state index in [1.54, 1.807) is 6.07 Å². The summed E-state index contributed by atoms with van der Waals surface area (Å²) in [7, 11) is 0. The first-order valence-corrected chi connectivity index (χ1v) is 7.10. The summed E-state index contributed by atoms with van der Waals surface area (Å²) in [6, 6.07) is 21.1. The molecule has 0 heterocycles. The lowest BCUT2D eigenvalue weighted by molar-refractivity contribution is -0.136. The summed E-state index contributed by atoms with van der Waals surface area (Å²) >= 11 is 0. The van der Waals surface area contributed by atoms with Crippen molar-refractivity contribution in [1.82, 2.24) is 0 Å². The number of carbonyl (C=O) groups is 1. The predicted octanol–water partition coefficient (Wildman–Crippen LogP) is 4.13. The summed E-state index contributed by atoms with van der Waals surface area (Å²) < 4.78 is 10.8. The van der Waals surface area contributed by atoms with E-state index < -0.39 is 5.97 Å². The van der Waals surface area contributed by atoms with Crippen molar-refractivity contribution in [2.24, 2.45) is 0 Å². The molecule has 0 radical (unpaired) electrons. The maximum Gasteiger partial charge on any atom is 0.349 e. The average molecular weight is 292 g/mol. The van der Waals surface area contributed by atoms with Gasteiger partial charge in [0.1, 0.15) is 11.5 Å². The molecule has 0 amide bonds. The van der Waals surface area contributed by atoms with Crippen molar-refractivity contribution in [2.75, 3.05) is 6.61 Å². The monoisotopic (exact) mass is 292 g/mol. The van der Waals surface area contributed by atoms with Crippen LogP contribution in [0, 0.1) is 6.92 Å². The number of para-hydroxylation sites is 1. The fourth-order valence-corrected chi connectivity index (χ4v) is 2.25. The summed E-state index contributed by atoms with van der Waals surface area (Å²) in [4.78, 5) is 11.9. The van der Waals surface area contributed by atoms with Crippen LogP contribution in [0.3, 0.4) is 0 Å². The largest absolute Gasteiger partial charge is 0.482 e. The zero-order valence-electron chi connectivity index (χ0n) is 12.3. The highest BCUT2D eigenvalue weighted by atomic mass is 16.6. The average Bonchev–Trinajstić information content (AvgIpc) is 2.54. The third kappa shape index (κ3) is 3.26. The minimum atomic E-state index is -0.418. The maximum atomic E-state index is 11.9. The molecule has 3 nitrogen and oxygen atoms in total. The Kier molecular flexibility index (Phi) is 4.05. The molecule has 0 aliphatic rings. The van der Waals surface area contributed by atoms with Gasteiger partial charge in [0.05, 0.1) is 0 Å². The maximum absolute atomic E-state index is 11.9. The number of esters is 1. The first-order valence-electron chi connectivity index (χ1n) is 7.10. The Morgan fingerprint density at radius 1 is 0.909 bits per heavy atom. The topological polar surface area (TPSA) is 35.5 Å². The molecule has 3 aromatic carbocycles. The van der Waals surface area contributed by atoms with Crippen molar-refractivity contribution >= 4 is 16.7 Å². The van der Waals surface area contributed by atoms with E-state index in [0.29, 0.717) is 11.5 Å². The van der Waals surface area contributed by atoms with Crippen molar-refractivity contribution in [2.45, 2.75) is 6.92 Å². The number of hydrogen-bond donors (Lipinski definition) is 0. The molecule has 0 bridgehead atoms. The molecule has 3 heteroatoms. The van der Waals surface area contributed by atoms with Gasteiger partial charge >= 0.3 is 5.97 Å². The molecule has 0 aliphatic carbocycles. The van der Waals surface area contributed by atoms with E-state index >= 15 is 0 Å². The predicted molar refractivity (Wildman–Crippen MR) is 86.3 cm³/mol. The molecule has 0 fully saturated rings. The fraction of sp³-hybridized carbons (Fsp3) is 0.105. The first-order chi connectivity index (χ1) is 10.7. The van der Waals surface area contributed by atoms with Crippen LogP contribution < -0.4 is 9.47 Å². The standard InChI is InChI=1S/C19H16O3/c1-14-6-2-5-9-18(14)21-13-19(20)22-17-11-10-15-7-3-4-8-16(15)12-17/h2-12H,13H2,1H3. The second kappa shape index (κ2) is 6.31. The van der Waals surface area contributed by atoms with Crippen LogP contribution in [0.25, 0.3) is 10.8 Å². The molecule has 0 aromatic heterocycles.